The SMILES string of the molecule is COc1cccc(N(C)c2ccc(C(C)O)cc2Br)c1. The van der Waals surface area contributed by atoms with Crippen LogP contribution in [-0.2, 0) is 0 Å². The lowest BCUT2D eigenvalue weighted by Crippen LogP contribution is -2.10. The first-order chi connectivity index (χ1) is 9.52. The van der Waals surface area contributed by atoms with Crippen LogP contribution in [0.15, 0.2) is 46.9 Å². The molecule has 20 heavy (non-hydrogen) atoms. The van der Waals surface area contributed by atoms with Gasteiger partial charge in [0.05, 0.1) is 18.9 Å². The van der Waals surface area contributed by atoms with Gasteiger partial charge in [-0.3, -0.25) is 0 Å². The van der Waals surface area contributed by atoms with Gasteiger partial charge in [-0.2, -0.15) is 0 Å². The summed E-state index contributed by atoms with van der Waals surface area (Å²) in [6.45, 7) is 1.76. The van der Waals surface area contributed by atoms with Gasteiger partial charge in [0, 0.05) is 23.3 Å². The van der Waals surface area contributed by atoms with Gasteiger partial charge >= 0.3 is 0 Å². The maximum absolute atomic E-state index is 9.61. The summed E-state index contributed by atoms with van der Waals surface area (Å²) >= 11 is 3.56. The molecule has 0 heterocycles. The fourth-order valence-electron chi connectivity index (χ4n) is 2.01. The molecule has 0 aliphatic carbocycles. The van der Waals surface area contributed by atoms with Crippen molar-refractivity contribution in [3.8, 4) is 5.75 Å². The summed E-state index contributed by atoms with van der Waals surface area (Å²) in [5.41, 5.74) is 2.96. The van der Waals surface area contributed by atoms with Crippen LogP contribution < -0.4 is 9.64 Å². The summed E-state index contributed by atoms with van der Waals surface area (Å²) in [7, 11) is 3.66. The second kappa shape index (κ2) is 6.29. The van der Waals surface area contributed by atoms with Crippen LogP contribution in [-0.4, -0.2) is 19.3 Å². The van der Waals surface area contributed by atoms with Gasteiger partial charge < -0.3 is 14.7 Å². The maximum atomic E-state index is 9.61. The minimum absolute atomic E-state index is 0.470. The third kappa shape index (κ3) is 3.14. The second-order valence-electron chi connectivity index (χ2n) is 4.65. The molecule has 0 aliphatic rings. The Morgan fingerprint density at radius 3 is 2.55 bits per heavy atom. The van der Waals surface area contributed by atoms with E-state index in [0.29, 0.717) is 0 Å². The number of halogens is 1. The highest BCUT2D eigenvalue weighted by Crippen LogP contribution is 2.34. The molecule has 3 nitrogen and oxygen atoms in total. The van der Waals surface area contributed by atoms with Gasteiger partial charge in [0.25, 0.3) is 0 Å². The van der Waals surface area contributed by atoms with Gasteiger partial charge in [-0.25, -0.2) is 0 Å². The van der Waals surface area contributed by atoms with E-state index in [1.807, 2.05) is 49.5 Å². The minimum atomic E-state index is -0.470. The van der Waals surface area contributed by atoms with Crippen LogP contribution >= 0.6 is 15.9 Å². The smallest absolute Gasteiger partial charge is 0.120 e. The lowest BCUT2D eigenvalue weighted by molar-refractivity contribution is 0.199. The van der Waals surface area contributed by atoms with Crippen molar-refractivity contribution in [2.24, 2.45) is 0 Å². The molecule has 0 aromatic heterocycles. The van der Waals surface area contributed by atoms with E-state index >= 15 is 0 Å². The van der Waals surface area contributed by atoms with Gasteiger partial charge in [-0.05, 0) is 52.7 Å². The van der Waals surface area contributed by atoms with Crippen molar-refractivity contribution in [1.29, 1.82) is 0 Å². The van der Waals surface area contributed by atoms with Crippen molar-refractivity contribution in [3.05, 3.63) is 52.5 Å². The van der Waals surface area contributed by atoms with Crippen molar-refractivity contribution < 1.29 is 9.84 Å². The highest BCUT2D eigenvalue weighted by molar-refractivity contribution is 9.10. The molecule has 0 radical (unpaired) electrons. The fourth-order valence-corrected chi connectivity index (χ4v) is 2.68. The Bertz CT molecular complexity index is 599. The first-order valence-corrected chi connectivity index (χ1v) is 7.17. The van der Waals surface area contributed by atoms with Crippen molar-refractivity contribution in [1.82, 2.24) is 0 Å². The number of rotatable bonds is 4. The average Bonchev–Trinajstić information content (AvgIpc) is 2.46. The van der Waals surface area contributed by atoms with Crippen LogP contribution in [0.2, 0.25) is 0 Å². The number of nitrogens with zero attached hydrogens (tertiary/aromatic N) is 1. The number of benzene rings is 2. The molecule has 2 aromatic carbocycles. The molecule has 0 aliphatic heterocycles. The average molecular weight is 336 g/mol. The quantitative estimate of drug-likeness (QED) is 0.905. The second-order valence-corrected chi connectivity index (χ2v) is 5.50. The summed E-state index contributed by atoms with van der Waals surface area (Å²) in [4.78, 5) is 2.07. The Labute approximate surface area is 127 Å². The highest BCUT2D eigenvalue weighted by Gasteiger charge is 2.11. The highest BCUT2D eigenvalue weighted by atomic mass is 79.9. The standard InChI is InChI=1S/C16H18BrNO2/c1-11(19)12-7-8-16(15(17)9-12)18(2)13-5-4-6-14(10-13)20-3/h4-11,19H,1-3H3. The molecular formula is C16H18BrNO2. The Morgan fingerprint density at radius 2 is 1.95 bits per heavy atom. The maximum Gasteiger partial charge on any atom is 0.120 e. The summed E-state index contributed by atoms with van der Waals surface area (Å²) in [5, 5.41) is 9.61. The molecule has 1 unspecified atom stereocenters. The number of anilines is 2. The van der Waals surface area contributed by atoms with E-state index in [9.17, 15) is 5.11 Å². The third-order valence-electron chi connectivity index (χ3n) is 3.26. The number of aliphatic hydroxyl groups is 1. The molecule has 0 saturated carbocycles. The summed E-state index contributed by atoms with van der Waals surface area (Å²) in [6.07, 6.45) is -0.470. The summed E-state index contributed by atoms with van der Waals surface area (Å²) in [5.74, 6) is 0.825. The van der Waals surface area contributed by atoms with E-state index in [4.69, 9.17) is 4.74 Å². The molecule has 0 amide bonds. The Kier molecular flexibility index (Phi) is 4.68. The van der Waals surface area contributed by atoms with Gasteiger partial charge in [0.2, 0.25) is 0 Å². The Morgan fingerprint density at radius 1 is 1.20 bits per heavy atom. The monoisotopic (exact) mass is 335 g/mol. The van der Waals surface area contributed by atoms with E-state index in [1.54, 1.807) is 14.0 Å². The van der Waals surface area contributed by atoms with Crippen LogP contribution in [0.5, 0.6) is 5.75 Å². The van der Waals surface area contributed by atoms with Crippen LogP contribution in [0.3, 0.4) is 0 Å². The van der Waals surface area contributed by atoms with E-state index < -0.39 is 6.10 Å². The van der Waals surface area contributed by atoms with E-state index in [-0.39, 0.29) is 0 Å². The van der Waals surface area contributed by atoms with Crippen molar-refractivity contribution in [2.45, 2.75) is 13.0 Å². The van der Waals surface area contributed by atoms with Crippen LogP contribution in [0, 0.1) is 0 Å². The molecule has 2 rings (SSSR count). The zero-order valence-electron chi connectivity index (χ0n) is 11.8. The van der Waals surface area contributed by atoms with Crippen LogP contribution in [0.25, 0.3) is 0 Å². The predicted molar refractivity (Wildman–Crippen MR) is 85.8 cm³/mol. The fraction of sp³-hybridized carbons (Fsp3) is 0.250. The molecule has 0 spiro atoms. The topological polar surface area (TPSA) is 32.7 Å². The van der Waals surface area contributed by atoms with E-state index in [1.165, 1.54) is 0 Å². The predicted octanol–water partition coefficient (Wildman–Crippen LogP) is 4.28. The summed E-state index contributed by atoms with van der Waals surface area (Å²) in [6, 6.07) is 13.8. The number of hydrogen-bond donors (Lipinski definition) is 1. The molecule has 2 aromatic rings. The zero-order valence-corrected chi connectivity index (χ0v) is 13.4. The summed E-state index contributed by atoms with van der Waals surface area (Å²) < 4.78 is 6.20. The van der Waals surface area contributed by atoms with E-state index in [2.05, 4.69) is 20.8 Å². The Hall–Kier alpha value is -1.52. The van der Waals surface area contributed by atoms with Gasteiger partial charge in [0.15, 0.2) is 0 Å². The van der Waals surface area contributed by atoms with Crippen molar-refractivity contribution in [3.63, 3.8) is 0 Å². The number of methoxy groups -OCH3 is 1. The first-order valence-electron chi connectivity index (χ1n) is 6.38. The molecule has 1 N–H and O–H groups in total. The zero-order chi connectivity index (χ0) is 14.7. The number of aliphatic hydroxyl groups excluding tert-OH is 1. The normalized spacial score (nSPS) is 12.1. The third-order valence-corrected chi connectivity index (χ3v) is 3.89. The molecule has 0 bridgehead atoms. The number of ether oxygens (including phenoxy) is 1. The van der Waals surface area contributed by atoms with Crippen molar-refractivity contribution in [2.75, 3.05) is 19.1 Å². The van der Waals surface area contributed by atoms with E-state index in [0.717, 1.165) is 27.2 Å². The molecule has 106 valence electrons. The minimum Gasteiger partial charge on any atom is -0.497 e. The van der Waals surface area contributed by atoms with Gasteiger partial charge in [-0.15, -0.1) is 0 Å². The van der Waals surface area contributed by atoms with Gasteiger partial charge in [-0.1, -0.05) is 12.1 Å². The molecule has 4 heteroatoms. The lowest BCUT2D eigenvalue weighted by Gasteiger charge is -2.22. The number of hydrogen-bond acceptors (Lipinski definition) is 3. The molecular weight excluding hydrogens is 318 g/mol. The molecule has 0 saturated heterocycles. The van der Waals surface area contributed by atoms with Crippen molar-refractivity contribution >= 4 is 27.3 Å². The largest absolute Gasteiger partial charge is 0.497 e. The first kappa shape index (κ1) is 14.9. The lowest BCUT2D eigenvalue weighted by atomic mass is 10.1. The Balaban J connectivity index is 2.35. The molecule has 0 fully saturated rings. The van der Waals surface area contributed by atoms with Crippen LogP contribution in [0.1, 0.15) is 18.6 Å². The van der Waals surface area contributed by atoms with Crippen LogP contribution in [0.4, 0.5) is 11.4 Å². The molecule has 1 atom stereocenters. The van der Waals surface area contributed by atoms with Gasteiger partial charge in [0.1, 0.15) is 5.75 Å².